The molecule has 3 aliphatic heterocycles. The summed E-state index contributed by atoms with van der Waals surface area (Å²) in [4.78, 5) is 45.8. The molecule has 4 unspecified atom stereocenters. The molecule has 212 valence electrons. The molecule has 7 rings (SSSR count). The van der Waals surface area contributed by atoms with E-state index in [1.165, 1.54) is 24.3 Å². The number of nitrogens with zero attached hydrogens (tertiary/aromatic N) is 1. The lowest BCUT2D eigenvalue weighted by Gasteiger charge is -2.38. The van der Waals surface area contributed by atoms with Crippen molar-refractivity contribution in [3.63, 3.8) is 0 Å². The van der Waals surface area contributed by atoms with Gasteiger partial charge in [-0.3, -0.25) is 14.4 Å². The van der Waals surface area contributed by atoms with Crippen molar-refractivity contribution in [1.29, 1.82) is 0 Å². The second-order valence-corrected chi connectivity index (χ2v) is 10.9. The van der Waals surface area contributed by atoms with Gasteiger partial charge < -0.3 is 15.0 Å². The Labute approximate surface area is 248 Å². The van der Waals surface area contributed by atoms with Crippen molar-refractivity contribution in [1.82, 2.24) is 4.90 Å². The molecule has 1 fully saturated rings. The van der Waals surface area contributed by atoms with E-state index in [2.05, 4.69) is 11.9 Å². The Hall–Kier alpha value is -5.30. The van der Waals surface area contributed by atoms with Gasteiger partial charge in [0.15, 0.2) is 11.6 Å². The van der Waals surface area contributed by atoms with Crippen LogP contribution in [0.25, 0.3) is 6.08 Å². The molecule has 1 spiro atoms. The minimum Gasteiger partial charge on any atom is -0.490 e. The molecular weight excluding hydrogens is 543 g/mol. The first-order valence-corrected chi connectivity index (χ1v) is 14.1. The lowest BCUT2D eigenvalue weighted by Crippen LogP contribution is -2.49. The SMILES string of the molecule is C=CCOc1cccc(C(=O)C2C(C(=O)c3ccc(F)cc3)N3C=Cc4ccccc4C3C23C(=O)Nc2ccccc23)c1. The number of hydrogen-bond acceptors (Lipinski definition) is 5. The number of Topliss-reactive ketones (excluding diaryl/α,β-unsaturated/α-hetero) is 2. The van der Waals surface area contributed by atoms with Gasteiger partial charge in [-0.15, -0.1) is 0 Å². The average Bonchev–Trinajstić information content (AvgIpc) is 3.52. The predicted octanol–water partition coefficient (Wildman–Crippen LogP) is 6.37. The lowest BCUT2D eigenvalue weighted by atomic mass is 9.62. The van der Waals surface area contributed by atoms with Crippen LogP contribution in [0.2, 0.25) is 0 Å². The van der Waals surface area contributed by atoms with Crippen LogP contribution >= 0.6 is 0 Å². The van der Waals surface area contributed by atoms with Gasteiger partial charge in [0, 0.05) is 23.0 Å². The smallest absolute Gasteiger partial charge is 0.238 e. The minimum atomic E-state index is -1.45. The van der Waals surface area contributed by atoms with E-state index in [0.29, 0.717) is 22.6 Å². The van der Waals surface area contributed by atoms with Crippen LogP contribution in [0.4, 0.5) is 10.1 Å². The van der Waals surface area contributed by atoms with Gasteiger partial charge in [-0.25, -0.2) is 4.39 Å². The number of anilines is 1. The Morgan fingerprint density at radius 3 is 2.51 bits per heavy atom. The molecule has 6 nitrogen and oxygen atoms in total. The third-order valence-corrected chi connectivity index (χ3v) is 8.74. The molecule has 4 aromatic rings. The summed E-state index contributed by atoms with van der Waals surface area (Å²) in [6.07, 6.45) is 5.32. The van der Waals surface area contributed by atoms with Crippen molar-refractivity contribution in [3.8, 4) is 5.75 Å². The van der Waals surface area contributed by atoms with E-state index < -0.39 is 29.2 Å². The Morgan fingerprint density at radius 1 is 0.930 bits per heavy atom. The van der Waals surface area contributed by atoms with Crippen molar-refractivity contribution in [3.05, 3.63) is 150 Å². The van der Waals surface area contributed by atoms with E-state index >= 15 is 0 Å². The molecule has 43 heavy (non-hydrogen) atoms. The highest BCUT2D eigenvalue weighted by molar-refractivity contribution is 6.16. The maximum absolute atomic E-state index is 14.9. The summed E-state index contributed by atoms with van der Waals surface area (Å²) in [6.45, 7) is 3.94. The second kappa shape index (κ2) is 10.2. The number of hydrogen-bond donors (Lipinski definition) is 1. The molecule has 4 aromatic carbocycles. The fraction of sp³-hybridized carbons (Fsp3) is 0.139. The third kappa shape index (κ3) is 3.96. The first-order valence-electron chi connectivity index (χ1n) is 14.1. The summed E-state index contributed by atoms with van der Waals surface area (Å²) in [6, 6.07) is 25.4. The molecule has 3 aliphatic rings. The van der Waals surface area contributed by atoms with Gasteiger partial charge in [-0.1, -0.05) is 67.3 Å². The highest BCUT2D eigenvalue weighted by atomic mass is 19.1. The molecule has 4 atom stereocenters. The van der Waals surface area contributed by atoms with Gasteiger partial charge in [0.05, 0.1) is 12.0 Å². The molecule has 7 heteroatoms. The number of halogens is 1. The number of ether oxygens (including phenoxy) is 1. The maximum atomic E-state index is 14.9. The zero-order valence-electron chi connectivity index (χ0n) is 23.1. The van der Waals surface area contributed by atoms with Gasteiger partial charge in [0.2, 0.25) is 5.91 Å². The quantitative estimate of drug-likeness (QED) is 0.206. The van der Waals surface area contributed by atoms with Crippen molar-refractivity contribution >= 4 is 29.2 Å². The van der Waals surface area contributed by atoms with E-state index in [0.717, 1.165) is 11.1 Å². The maximum Gasteiger partial charge on any atom is 0.238 e. The normalized spacial score (nSPS) is 22.9. The Kier molecular flexibility index (Phi) is 6.31. The van der Waals surface area contributed by atoms with Crippen molar-refractivity contribution in [2.24, 2.45) is 5.92 Å². The van der Waals surface area contributed by atoms with Gasteiger partial charge in [-0.05, 0) is 65.2 Å². The number of fused-ring (bicyclic) bond motifs is 6. The number of carbonyl (C=O) groups is 3. The number of ketones is 2. The number of rotatable bonds is 7. The third-order valence-electron chi connectivity index (χ3n) is 8.74. The molecule has 0 saturated carbocycles. The summed E-state index contributed by atoms with van der Waals surface area (Å²) < 4.78 is 19.6. The Balaban J connectivity index is 1.50. The molecule has 1 saturated heterocycles. The van der Waals surface area contributed by atoms with Crippen LogP contribution in [0.15, 0.2) is 116 Å². The predicted molar refractivity (Wildman–Crippen MR) is 161 cm³/mol. The number of amides is 1. The fourth-order valence-electron chi connectivity index (χ4n) is 7.03. The summed E-state index contributed by atoms with van der Waals surface area (Å²) in [5.74, 6) is -2.22. The monoisotopic (exact) mass is 570 g/mol. The summed E-state index contributed by atoms with van der Waals surface area (Å²) >= 11 is 0. The van der Waals surface area contributed by atoms with Crippen molar-refractivity contribution in [2.75, 3.05) is 11.9 Å². The highest BCUT2D eigenvalue weighted by Crippen LogP contribution is 2.62. The van der Waals surface area contributed by atoms with E-state index in [-0.39, 0.29) is 29.6 Å². The van der Waals surface area contributed by atoms with E-state index in [1.54, 1.807) is 30.3 Å². The van der Waals surface area contributed by atoms with E-state index in [9.17, 15) is 18.8 Å². The lowest BCUT2D eigenvalue weighted by molar-refractivity contribution is -0.122. The zero-order chi connectivity index (χ0) is 29.7. The zero-order valence-corrected chi connectivity index (χ0v) is 23.1. The average molecular weight is 571 g/mol. The molecular formula is C36H27FN2O4. The van der Waals surface area contributed by atoms with Crippen LogP contribution in [0.5, 0.6) is 5.75 Å². The first kappa shape index (κ1) is 26.6. The number of nitrogens with one attached hydrogen (secondary N) is 1. The van der Waals surface area contributed by atoms with Crippen LogP contribution in [0.3, 0.4) is 0 Å². The molecule has 1 N–H and O–H groups in total. The van der Waals surface area contributed by atoms with Crippen molar-refractivity contribution in [2.45, 2.75) is 17.5 Å². The van der Waals surface area contributed by atoms with Crippen LogP contribution < -0.4 is 10.1 Å². The largest absolute Gasteiger partial charge is 0.490 e. The minimum absolute atomic E-state index is 0.252. The highest BCUT2D eigenvalue weighted by Gasteiger charge is 2.70. The number of benzene rings is 4. The molecule has 3 heterocycles. The Morgan fingerprint density at radius 2 is 1.70 bits per heavy atom. The van der Waals surface area contributed by atoms with Crippen LogP contribution in [-0.4, -0.2) is 35.0 Å². The fourth-order valence-corrected chi connectivity index (χ4v) is 7.03. The van der Waals surface area contributed by atoms with E-state index in [1.807, 2.05) is 65.7 Å². The molecule has 0 aromatic heterocycles. The molecule has 0 radical (unpaired) electrons. The van der Waals surface area contributed by atoms with Crippen molar-refractivity contribution < 1.29 is 23.5 Å². The molecule has 0 bridgehead atoms. The van der Waals surface area contributed by atoms with E-state index in [4.69, 9.17) is 4.74 Å². The van der Waals surface area contributed by atoms with Gasteiger partial charge >= 0.3 is 0 Å². The van der Waals surface area contributed by atoms with Crippen LogP contribution in [-0.2, 0) is 10.2 Å². The summed E-state index contributed by atoms with van der Waals surface area (Å²) in [5.41, 5.74) is 2.13. The van der Waals surface area contributed by atoms with Gasteiger partial charge in [-0.2, -0.15) is 0 Å². The molecule has 1 amide bonds. The Bertz CT molecular complexity index is 1830. The second-order valence-electron chi connectivity index (χ2n) is 10.9. The summed E-state index contributed by atoms with van der Waals surface area (Å²) in [7, 11) is 0. The van der Waals surface area contributed by atoms with Gasteiger partial charge in [0.1, 0.15) is 29.6 Å². The van der Waals surface area contributed by atoms with Crippen LogP contribution in [0, 0.1) is 11.7 Å². The number of carbonyl (C=O) groups excluding carboxylic acids is 3. The van der Waals surface area contributed by atoms with Crippen LogP contribution in [0.1, 0.15) is 43.4 Å². The standard InChI is InChI=1S/C36H27FN2O4/c1-2-20-43-26-10-7-9-24(21-26)32(40)30-31(33(41)23-14-16-25(37)17-15-23)39-19-18-22-8-3-4-11-27(22)34(39)36(30)28-12-5-6-13-29(28)38-35(36)42/h2-19,21,30-31,34H,1,20H2,(H,38,42). The topological polar surface area (TPSA) is 75.7 Å². The number of para-hydroxylation sites is 1. The summed E-state index contributed by atoms with van der Waals surface area (Å²) in [5, 5.41) is 3.04. The van der Waals surface area contributed by atoms with Gasteiger partial charge in [0.25, 0.3) is 0 Å². The molecule has 0 aliphatic carbocycles. The first-order chi connectivity index (χ1) is 20.9.